The average Bonchev–Trinajstić information content (AvgIpc) is 2.50. The van der Waals surface area contributed by atoms with Gasteiger partial charge in [-0.15, -0.1) is 0 Å². The lowest BCUT2D eigenvalue weighted by Gasteiger charge is -2.21. The molecule has 0 aliphatic heterocycles. The Balaban J connectivity index is 2.02. The van der Waals surface area contributed by atoms with Gasteiger partial charge in [-0.05, 0) is 36.2 Å². The minimum absolute atomic E-state index is 0.00624. The average molecular weight is 331 g/mol. The number of anilines is 1. The van der Waals surface area contributed by atoms with Crippen molar-refractivity contribution < 1.29 is 9.59 Å². The highest BCUT2D eigenvalue weighted by atomic mass is 35.5. The molecule has 0 heterocycles. The summed E-state index contributed by atoms with van der Waals surface area (Å²) in [5.74, 6) is -0.376. The number of aryl methyl sites for hydroxylation is 1. The Morgan fingerprint density at radius 3 is 2.43 bits per heavy atom. The molecule has 0 unspecified atom stereocenters. The smallest absolute Gasteiger partial charge is 0.244 e. The fraction of sp³-hybridized carbons (Fsp3) is 0.222. The topological polar surface area (TPSA) is 49.4 Å². The van der Waals surface area contributed by atoms with Crippen LogP contribution in [0, 0.1) is 6.92 Å². The van der Waals surface area contributed by atoms with Gasteiger partial charge in [0.15, 0.2) is 0 Å². The van der Waals surface area contributed by atoms with E-state index in [1.807, 2.05) is 37.3 Å². The fourth-order valence-corrected chi connectivity index (χ4v) is 2.44. The molecule has 0 saturated heterocycles. The van der Waals surface area contributed by atoms with Crippen LogP contribution in [-0.2, 0) is 16.1 Å². The van der Waals surface area contributed by atoms with E-state index in [1.54, 1.807) is 18.2 Å². The zero-order chi connectivity index (χ0) is 16.8. The highest BCUT2D eigenvalue weighted by Gasteiger charge is 2.14. The predicted octanol–water partition coefficient (Wildman–Crippen LogP) is 3.64. The largest absolute Gasteiger partial charge is 0.329 e. The van der Waals surface area contributed by atoms with Crippen molar-refractivity contribution in [1.82, 2.24) is 4.90 Å². The van der Waals surface area contributed by atoms with Crippen LogP contribution >= 0.6 is 11.6 Å². The number of benzene rings is 2. The van der Waals surface area contributed by atoms with Crippen molar-refractivity contribution in [3.8, 4) is 0 Å². The maximum atomic E-state index is 12.2. The molecule has 0 aliphatic carbocycles. The number of hydrogen-bond acceptors (Lipinski definition) is 2. The van der Waals surface area contributed by atoms with Crippen molar-refractivity contribution in [2.24, 2.45) is 0 Å². The molecule has 1 N–H and O–H groups in total. The van der Waals surface area contributed by atoms with Crippen molar-refractivity contribution in [1.29, 1.82) is 0 Å². The third-order valence-corrected chi connectivity index (χ3v) is 3.69. The van der Waals surface area contributed by atoms with Crippen LogP contribution in [-0.4, -0.2) is 23.3 Å². The quantitative estimate of drug-likeness (QED) is 0.910. The molecule has 0 bridgehead atoms. The molecule has 5 heteroatoms. The lowest BCUT2D eigenvalue weighted by atomic mass is 10.2. The minimum atomic E-state index is -0.235. The molecular formula is C18H19ClN2O2. The Morgan fingerprint density at radius 2 is 1.83 bits per heavy atom. The zero-order valence-electron chi connectivity index (χ0n) is 13.2. The minimum Gasteiger partial charge on any atom is -0.329 e. The molecule has 0 spiro atoms. The van der Waals surface area contributed by atoms with E-state index in [9.17, 15) is 9.59 Å². The van der Waals surface area contributed by atoms with Gasteiger partial charge in [0.2, 0.25) is 11.8 Å². The Labute approximate surface area is 141 Å². The van der Waals surface area contributed by atoms with Crippen molar-refractivity contribution in [2.45, 2.75) is 20.4 Å². The van der Waals surface area contributed by atoms with E-state index in [0.29, 0.717) is 17.3 Å². The number of halogens is 1. The van der Waals surface area contributed by atoms with Gasteiger partial charge in [-0.3, -0.25) is 9.59 Å². The van der Waals surface area contributed by atoms with E-state index in [-0.39, 0.29) is 18.4 Å². The van der Waals surface area contributed by atoms with E-state index in [1.165, 1.54) is 11.8 Å². The van der Waals surface area contributed by atoms with Crippen molar-refractivity contribution in [3.63, 3.8) is 0 Å². The predicted molar refractivity (Wildman–Crippen MR) is 92.4 cm³/mol. The molecule has 0 atom stereocenters. The fourth-order valence-electron chi connectivity index (χ4n) is 2.21. The molecule has 23 heavy (non-hydrogen) atoms. The summed E-state index contributed by atoms with van der Waals surface area (Å²) < 4.78 is 0. The van der Waals surface area contributed by atoms with Crippen LogP contribution in [0.3, 0.4) is 0 Å². The van der Waals surface area contributed by atoms with Gasteiger partial charge in [-0.25, -0.2) is 0 Å². The highest BCUT2D eigenvalue weighted by Crippen LogP contribution is 2.19. The summed E-state index contributed by atoms with van der Waals surface area (Å²) in [7, 11) is 0. The van der Waals surface area contributed by atoms with Crippen LogP contribution in [0.2, 0.25) is 5.02 Å². The molecule has 0 fully saturated rings. The van der Waals surface area contributed by atoms with E-state index in [2.05, 4.69) is 5.32 Å². The second-order valence-corrected chi connectivity index (χ2v) is 5.80. The Morgan fingerprint density at radius 1 is 1.13 bits per heavy atom. The third-order valence-electron chi connectivity index (χ3n) is 3.46. The molecule has 2 aromatic carbocycles. The third kappa shape index (κ3) is 5.11. The van der Waals surface area contributed by atoms with Gasteiger partial charge < -0.3 is 10.2 Å². The molecular weight excluding hydrogens is 312 g/mol. The molecule has 0 aliphatic rings. The van der Waals surface area contributed by atoms with Crippen molar-refractivity contribution in [2.75, 3.05) is 11.9 Å². The number of rotatable bonds is 5. The standard InChI is InChI=1S/C18H19ClN2O2/c1-13-10-16(19)8-9-17(13)20-18(23)12-21(14(2)22)11-15-6-4-3-5-7-15/h3-10H,11-12H2,1-2H3,(H,20,23). The number of hydrogen-bond donors (Lipinski definition) is 1. The first-order valence-corrected chi connectivity index (χ1v) is 7.69. The summed E-state index contributed by atoms with van der Waals surface area (Å²) in [4.78, 5) is 25.5. The van der Waals surface area contributed by atoms with E-state index in [4.69, 9.17) is 11.6 Å². The Hall–Kier alpha value is -2.33. The van der Waals surface area contributed by atoms with Crippen LogP contribution in [0.25, 0.3) is 0 Å². The second-order valence-electron chi connectivity index (χ2n) is 5.37. The first-order valence-electron chi connectivity index (χ1n) is 7.31. The Bertz CT molecular complexity index is 701. The highest BCUT2D eigenvalue weighted by molar-refractivity contribution is 6.30. The van der Waals surface area contributed by atoms with Gasteiger partial charge in [0.05, 0.1) is 0 Å². The summed E-state index contributed by atoms with van der Waals surface area (Å²) in [6.07, 6.45) is 0. The zero-order valence-corrected chi connectivity index (χ0v) is 13.9. The lowest BCUT2D eigenvalue weighted by Crippen LogP contribution is -2.36. The van der Waals surface area contributed by atoms with Gasteiger partial charge >= 0.3 is 0 Å². The summed E-state index contributed by atoms with van der Waals surface area (Å²) in [5, 5.41) is 3.44. The number of carbonyl (C=O) groups is 2. The summed E-state index contributed by atoms with van der Waals surface area (Å²) in [5.41, 5.74) is 2.56. The van der Waals surface area contributed by atoms with Crippen LogP contribution in [0.15, 0.2) is 48.5 Å². The van der Waals surface area contributed by atoms with Crippen molar-refractivity contribution >= 4 is 29.1 Å². The lowest BCUT2D eigenvalue weighted by molar-refractivity contribution is -0.133. The van der Waals surface area contributed by atoms with Crippen LogP contribution in [0.5, 0.6) is 0 Å². The van der Waals surface area contributed by atoms with E-state index < -0.39 is 0 Å². The molecule has 2 rings (SSSR count). The van der Waals surface area contributed by atoms with Gasteiger partial charge in [-0.2, -0.15) is 0 Å². The SMILES string of the molecule is CC(=O)N(CC(=O)Nc1ccc(Cl)cc1C)Cc1ccccc1. The molecule has 0 radical (unpaired) electrons. The van der Waals surface area contributed by atoms with E-state index in [0.717, 1.165) is 11.1 Å². The molecule has 0 saturated carbocycles. The normalized spacial score (nSPS) is 10.2. The molecule has 2 aromatic rings. The molecule has 2 amide bonds. The summed E-state index contributed by atoms with van der Waals surface area (Å²) in [6.45, 7) is 3.74. The van der Waals surface area contributed by atoms with E-state index >= 15 is 0 Å². The number of amides is 2. The van der Waals surface area contributed by atoms with Gasteiger partial charge in [0.1, 0.15) is 6.54 Å². The van der Waals surface area contributed by atoms with Gasteiger partial charge in [0, 0.05) is 24.2 Å². The first-order chi connectivity index (χ1) is 11.0. The summed E-state index contributed by atoms with van der Waals surface area (Å²) in [6, 6.07) is 14.8. The maximum absolute atomic E-state index is 12.2. The Kier molecular flexibility index (Phi) is 5.77. The van der Waals surface area contributed by atoms with Crippen molar-refractivity contribution in [3.05, 3.63) is 64.7 Å². The van der Waals surface area contributed by atoms with Crippen LogP contribution in [0.4, 0.5) is 5.69 Å². The second kappa shape index (κ2) is 7.79. The monoisotopic (exact) mass is 330 g/mol. The van der Waals surface area contributed by atoms with Crippen LogP contribution < -0.4 is 5.32 Å². The molecule has 4 nitrogen and oxygen atoms in total. The van der Waals surface area contributed by atoms with Gasteiger partial charge in [-0.1, -0.05) is 41.9 Å². The van der Waals surface area contributed by atoms with Crippen LogP contribution in [0.1, 0.15) is 18.1 Å². The number of carbonyl (C=O) groups excluding carboxylic acids is 2. The molecule has 120 valence electrons. The first kappa shape index (κ1) is 17.0. The molecule has 0 aromatic heterocycles. The number of nitrogens with one attached hydrogen (secondary N) is 1. The number of nitrogens with zero attached hydrogens (tertiary/aromatic N) is 1. The maximum Gasteiger partial charge on any atom is 0.244 e. The summed E-state index contributed by atoms with van der Waals surface area (Å²) >= 11 is 5.90. The van der Waals surface area contributed by atoms with Gasteiger partial charge in [0.25, 0.3) is 0 Å².